The Morgan fingerprint density at radius 3 is 2.35 bits per heavy atom. The smallest absolute Gasteiger partial charge is 0.287 e. The molecule has 2 unspecified atom stereocenters. The van der Waals surface area contributed by atoms with Gasteiger partial charge in [-0.3, -0.25) is 14.4 Å². The quantitative estimate of drug-likeness (QED) is 0.718. The highest BCUT2D eigenvalue weighted by Gasteiger charge is 2.26. The van der Waals surface area contributed by atoms with Gasteiger partial charge in [0.15, 0.2) is 17.4 Å². The number of likely N-dealkylation sites (N-methyl/N-ethyl adjacent to an activating group) is 1. The van der Waals surface area contributed by atoms with Crippen molar-refractivity contribution in [2.45, 2.75) is 19.0 Å². The van der Waals surface area contributed by atoms with E-state index in [4.69, 9.17) is 4.42 Å². The zero-order valence-electron chi connectivity index (χ0n) is 14.0. The van der Waals surface area contributed by atoms with Crippen LogP contribution in [0.5, 0.6) is 0 Å². The molecule has 3 N–H and O–H groups in total. The van der Waals surface area contributed by atoms with Gasteiger partial charge < -0.3 is 20.4 Å². The number of nitrogens with one attached hydrogen (secondary N) is 3. The van der Waals surface area contributed by atoms with E-state index in [0.29, 0.717) is 0 Å². The van der Waals surface area contributed by atoms with Gasteiger partial charge in [0.1, 0.15) is 12.1 Å². The van der Waals surface area contributed by atoms with Gasteiger partial charge in [0.25, 0.3) is 5.91 Å². The first kappa shape index (κ1) is 19.1. The SMILES string of the molecule is CNC(=O)C(NC(=O)C(C)NC(=O)c1ccco1)c1ccc(F)c(F)c1. The highest BCUT2D eigenvalue weighted by Crippen LogP contribution is 2.17. The van der Waals surface area contributed by atoms with E-state index in [-0.39, 0.29) is 11.3 Å². The van der Waals surface area contributed by atoms with Crippen molar-refractivity contribution in [2.24, 2.45) is 0 Å². The molecule has 0 saturated carbocycles. The van der Waals surface area contributed by atoms with Crippen molar-refractivity contribution < 1.29 is 27.6 Å². The van der Waals surface area contributed by atoms with Gasteiger partial charge in [-0.25, -0.2) is 8.78 Å². The number of hydrogen-bond acceptors (Lipinski definition) is 4. The van der Waals surface area contributed by atoms with Crippen molar-refractivity contribution in [3.05, 3.63) is 59.6 Å². The Bertz CT molecular complexity index is 808. The summed E-state index contributed by atoms with van der Waals surface area (Å²) in [4.78, 5) is 36.2. The molecule has 2 aromatic rings. The van der Waals surface area contributed by atoms with E-state index >= 15 is 0 Å². The average Bonchev–Trinajstić information content (AvgIpc) is 3.16. The summed E-state index contributed by atoms with van der Waals surface area (Å²) in [5, 5.41) is 7.13. The molecule has 0 aliphatic carbocycles. The van der Waals surface area contributed by atoms with Crippen molar-refractivity contribution in [3.8, 4) is 0 Å². The summed E-state index contributed by atoms with van der Waals surface area (Å²) in [5.74, 6) is -4.13. The van der Waals surface area contributed by atoms with Gasteiger partial charge >= 0.3 is 0 Å². The Hall–Kier alpha value is -3.23. The van der Waals surface area contributed by atoms with Crippen LogP contribution in [0.25, 0.3) is 0 Å². The van der Waals surface area contributed by atoms with Crippen molar-refractivity contribution in [1.82, 2.24) is 16.0 Å². The van der Waals surface area contributed by atoms with E-state index in [9.17, 15) is 23.2 Å². The van der Waals surface area contributed by atoms with E-state index in [2.05, 4.69) is 16.0 Å². The van der Waals surface area contributed by atoms with E-state index in [1.807, 2.05) is 0 Å². The van der Waals surface area contributed by atoms with Gasteiger partial charge in [-0.1, -0.05) is 6.07 Å². The molecular formula is C17H17F2N3O4. The van der Waals surface area contributed by atoms with Crippen LogP contribution in [0.1, 0.15) is 29.1 Å². The fraction of sp³-hybridized carbons (Fsp3) is 0.235. The average molecular weight is 365 g/mol. The van der Waals surface area contributed by atoms with Gasteiger partial charge in [-0.15, -0.1) is 0 Å². The first-order valence-corrected chi connectivity index (χ1v) is 7.64. The molecule has 1 heterocycles. The third-order valence-corrected chi connectivity index (χ3v) is 3.56. The molecule has 7 nitrogen and oxygen atoms in total. The normalized spacial score (nSPS) is 12.8. The Morgan fingerprint density at radius 2 is 1.77 bits per heavy atom. The molecule has 1 aromatic heterocycles. The number of carbonyl (C=O) groups is 3. The predicted molar refractivity (Wildman–Crippen MR) is 86.9 cm³/mol. The molecule has 0 spiro atoms. The number of rotatable bonds is 6. The Balaban J connectivity index is 2.11. The molecule has 2 atom stereocenters. The van der Waals surface area contributed by atoms with Gasteiger partial charge in [0, 0.05) is 7.05 Å². The standard InChI is InChI=1S/C17H17F2N3O4/c1-9(21-16(24)13-4-3-7-26-13)15(23)22-14(17(25)20-2)10-5-6-11(18)12(19)8-10/h3-9,14H,1-2H3,(H,20,25)(H,21,24)(H,22,23). The number of amides is 3. The third kappa shape index (κ3) is 4.44. The molecule has 0 saturated heterocycles. The van der Waals surface area contributed by atoms with Crippen LogP contribution in [0.15, 0.2) is 41.0 Å². The van der Waals surface area contributed by atoms with Crippen LogP contribution in [-0.2, 0) is 9.59 Å². The van der Waals surface area contributed by atoms with Crippen LogP contribution in [0.2, 0.25) is 0 Å². The molecule has 0 aliphatic rings. The number of hydrogen-bond donors (Lipinski definition) is 3. The predicted octanol–water partition coefficient (Wildman–Crippen LogP) is 1.28. The van der Waals surface area contributed by atoms with Crippen LogP contribution in [-0.4, -0.2) is 30.8 Å². The molecule has 138 valence electrons. The highest BCUT2D eigenvalue weighted by molar-refractivity contribution is 5.96. The molecule has 0 radical (unpaired) electrons. The molecular weight excluding hydrogens is 348 g/mol. The van der Waals surface area contributed by atoms with Crippen LogP contribution < -0.4 is 16.0 Å². The first-order valence-electron chi connectivity index (χ1n) is 7.64. The second kappa shape index (κ2) is 8.24. The summed E-state index contributed by atoms with van der Waals surface area (Å²) in [6.45, 7) is 1.41. The fourth-order valence-corrected chi connectivity index (χ4v) is 2.14. The zero-order valence-corrected chi connectivity index (χ0v) is 14.0. The first-order chi connectivity index (χ1) is 12.3. The number of halogens is 2. The van der Waals surface area contributed by atoms with Gasteiger partial charge in [-0.2, -0.15) is 0 Å². The van der Waals surface area contributed by atoms with E-state index in [0.717, 1.165) is 12.1 Å². The van der Waals surface area contributed by atoms with Crippen LogP contribution in [0, 0.1) is 11.6 Å². The summed E-state index contributed by atoms with van der Waals surface area (Å²) < 4.78 is 31.5. The molecule has 1 aromatic carbocycles. The van der Waals surface area contributed by atoms with Crippen LogP contribution >= 0.6 is 0 Å². The molecule has 3 amide bonds. The van der Waals surface area contributed by atoms with Gasteiger partial charge in [-0.05, 0) is 36.8 Å². The number of carbonyl (C=O) groups excluding carboxylic acids is 3. The molecule has 0 bridgehead atoms. The van der Waals surface area contributed by atoms with E-state index in [1.54, 1.807) is 0 Å². The van der Waals surface area contributed by atoms with E-state index < -0.39 is 41.4 Å². The van der Waals surface area contributed by atoms with Crippen molar-refractivity contribution >= 4 is 17.7 Å². The summed E-state index contributed by atoms with van der Waals surface area (Å²) in [6, 6.07) is 3.54. The Morgan fingerprint density at radius 1 is 1.04 bits per heavy atom. The highest BCUT2D eigenvalue weighted by atomic mass is 19.2. The second-order valence-corrected chi connectivity index (χ2v) is 5.40. The van der Waals surface area contributed by atoms with Crippen LogP contribution in [0.4, 0.5) is 8.78 Å². The Kier molecular flexibility index (Phi) is 6.05. The van der Waals surface area contributed by atoms with Gasteiger partial charge in [0.05, 0.1) is 6.26 Å². The summed E-state index contributed by atoms with van der Waals surface area (Å²) in [7, 11) is 1.34. The van der Waals surface area contributed by atoms with Crippen molar-refractivity contribution in [2.75, 3.05) is 7.05 Å². The number of benzene rings is 1. The molecule has 0 aliphatic heterocycles. The zero-order chi connectivity index (χ0) is 19.3. The minimum Gasteiger partial charge on any atom is -0.459 e. The monoisotopic (exact) mass is 365 g/mol. The minimum atomic E-state index is -1.26. The lowest BCUT2D eigenvalue weighted by Gasteiger charge is -2.20. The molecule has 2 rings (SSSR count). The fourth-order valence-electron chi connectivity index (χ4n) is 2.14. The van der Waals surface area contributed by atoms with Crippen molar-refractivity contribution in [3.63, 3.8) is 0 Å². The van der Waals surface area contributed by atoms with Crippen LogP contribution in [0.3, 0.4) is 0 Å². The maximum Gasteiger partial charge on any atom is 0.287 e. The largest absolute Gasteiger partial charge is 0.459 e. The van der Waals surface area contributed by atoms with E-state index in [1.165, 1.54) is 38.4 Å². The summed E-state index contributed by atoms with van der Waals surface area (Å²) in [5.41, 5.74) is 0.0566. The lowest BCUT2D eigenvalue weighted by Crippen LogP contribution is -2.48. The maximum atomic E-state index is 13.4. The Labute approximate surface area is 147 Å². The summed E-state index contributed by atoms with van der Waals surface area (Å²) in [6.07, 6.45) is 1.31. The molecule has 9 heteroatoms. The molecule has 0 fully saturated rings. The number of furan rings is 1. The minimum absolute atomic E-state index is 0.0214. The van der Waals surface area contributed by atoms with Gasteiger partial charge in [0.2, 0.25) is 11.8 Å². The van der Waals surface area contributed by atoms with Crippen molar-refractivity contribution in [1.29, 1.82) is 0 Å². The lowest BCUT2D eigenvalue weighted by atomic mass is 10.1. The third-order valence-electron chi connectivity index (χ3n) is 3.56. The summed E-state index contributed by atoms with van der Waals surface area (Å²) >= 11 is 0. The lowest BCUT2D eigenvalue weighted by molar-refractivity contribution is -0.129. The molecule has 26 heavy (non-hydrogen) atoms. The second-order valence-electron chi connectivity index (χ2n) is 5.40. The topological polar surface area (TPSA) is 100 Å². The maximum absolute atomic E-state index is 13.4.